The van der Waals surface area contributed by atoms with Gasteiger partial charge in [0.1, 0.15) is 5.69 Å². The Labute approximate surface area is 198 Å². The molecular formula is C18H11Cl3F3N5O2S. The maximum atomic E-state index is 13.3. The summed E-state index contributed by atoms with van der Waals surface area (Å²) in [4.78, 5) is 29.3. The summed E-state index contributed by atoms with van der Waals surface area (Å²) in [5.74, 6) is -1.87. The summed E-state index contributed by atoms with van der Waals surface area (Å²) in [5, 5.41) is 5.78. The molecule has 168 valence electrons. The summed E-state index contributed by atoms with van der Waals surface area (Å²) in [6, 6.07) is 5.89. The van der Waals surface area contributed by atoms with Gasteiger partial charge in [0.15, 0.2) is 11.5 Å². The largest absolute Gasteiger partial charge is 0.435 e. The molecule has 0 spiro atoms. The molecule has 2 heterocycles. The molecule has 7 nitrogen and oxygen atoms in total. The second-order valence-electron chi connectivity index (χ2n) is 6.03. The van der Waals surface area contributed by atoms with Crippen LogP contribution in [0.2, 0.25) is 15.1 Å². The number of aromatic nitrogens is 3. The lowest BCUT2D eigenvalue weighted by atomic mass is 10.1. The van der Waals surface area contributed by atoms with Crippen LogP contribution in [0, 0.1) is 0 Å². The van der Waals surface area contributed by atoms with E-state index in [1.807, 2.05) is 0 Å². The maximum absolute atomic E-state index is 13.3. The van der Waals surface area contributed by atoms with Crippen molar-refractivity contribution in [2.75, 3.05) is 11.6 Å². The van der Waals surface area contributed by atoms with Gasteiger partial charge in [0, 0.05) is 23.5 Å². The summed E-state index contributed by atoms with van der Waals surface area (Å²) in [7, 11) is 0. The number of hydrogen-bond donors (Lipinski definition) is 2. The van der Waals surface area contributed by atoms with Crippen molar-refractivity contribution < 1.29 is 22.8 Å². The average Bonchev–Trinajstić information content (AvgIpc) is 3.16. The van der Waals surface area contributed by atoms with E-state index in [0.29, 0.717) is 10.7 Å². The van der Waals surface area contributed by atoms with Crippen LogP contribution in [0.25, 0.3) is 5.82 Å². The lowest BCUT2D eigenvalue weighted by Crippen LogP contribution is -2.22. The van der Waals surface area contributed by atoms with E-state index in [4.69, 9.17) is 34.8 Å². The highest BCUT2D eigenvalue weighted by molar-refractivity contribution is 7.97. The quantitative estimate of drug-likeness (QED) is 0.430. The van der Waals surface area contributed by atoms with E-state index in [0.717, 1.165) is 11.9 Å². The van der Waals surface area contributed by atoms with Gasteiger partial charge in [-0.25, -0.2) is 9.67 Å². The summed E-state index contributed by atoms with van der Waals surface area (Å²) in [6.07, 6.45) is -1.97. The number of carbonyl (C=O) groups excluding carboxylic acids is 2. The van der Waals surface area contributed by atoms with E-state index in [9.17, 15) is 22.8 Å². The van der Waals surface area contributed by atoms with Crippen LogP contribution in [0.3, 0.4) is 0 Å². The van der Waals surface area contributed by atoms with Crippen LogP contribution < -0.4 is 10.0 Å². The van der Waals surface area contributed by atoms with Gasteiger partial charge in [-0.1, -0.05) is 46.8 Å². The van der Waals surface area contributed by atoms with Gasteiger partial charge in [0.2, 0.25) is 0 Å². The number of nitrogens with zero attached hydrogens (tertiary/aromatic N) is 3. The lowest BCUT2D eigenvalue weighted by molar-refractivity contribution is -0.141. The van der Waals surface area contributed by atoms with Crippen molar-refractivity contribution in [1.82, 2.24) is 19.5 Å². The molecule has 0 aliphatic rings. The van der Waals surface area contributed by atoms with Gasteiger partial charge in [-0.05, 0) is 24.3 Å². The number of hydrogen-bond acceptors (Lipinski definition) is 5. The fraction of sp³-hybridized carbons (Fsp3) is 0.111. The van der Waals surface area contributed by atoms with Gasteiger partial charge in [-0.3, -0.25) is 14.3 Å². The van der Waals surface area contributed by atoms with Crippen molar-refractivity contribution in [2.45, 2.75) is 6.18 Å². The molecule has 3 aromatic rings. The average molecular weight is 525 g/mol. The van der Waals surface area contributed by atoms with Gasteiger partial charge >= 0.3 is 6.18 Å². The molecule has 0 atom stereocenters. The molecule has 0 saturated heterocycles. The molecule has 2 N–H and O–H groups in total. The summed E-state index contributed by atoms with van der Waals surface area (Å²) in [5.41, 5.74) is -2.13. The molecule has 0 radical (unpaired) electrons. The highest BCUT2D eigenvalue weighted by atomic mass is 35.5. The fourth-order valence-electron chi connectivity index (χ4n) is 2.58. The first-order chi connectivity index (χ1) is 15.0. The number of benzene rings is 1. The third-order valence-electron chi connectivity index (χ3n) is 3.91. The number of rotatable bonds is 5. The zero-order valence-corrected chi connectivity index (χ0v) is 18.9. The van der Waals surface area contributed by atoms with Crippen LogP contribution in [0.5, 0.6) is 0 Å². The molecule has 0 aliphatic heterocycles. The minimum Gasteiger partial charge on any atom is -0.319 e. The molecular weight excluding hydrogens is 514 g/mol. The molecule has 2 aromatic heterocycles. The van der Waals surface area contributed by atoms with E-state index < -0.39 is 29.4 Å². The molecule has 2 amide bonds. The Balaban J connectivity index is 2.11. The van der Waals surface area contributed by atoms with Crippen molar-refractivity contribution in [3.05, 3.63) is 68.5 Å². The van der Waals surface area contributed by atoms with Crippen molar-refractivity contribution in [1.29, 1.82) is 0 Å². The molecule has 32 heavy (non-hydrogen) atoms. The molecule has 0 saturated carbocycles. The second-order valence-corrected chi connectivity index (χ2v) is 7.90. The highest BCUT2D eigenvalue weighted by Crippen LogP contribution is 2.33. The SMILES string of the molecule is CSNC(=O)c1cc(Cl)cc(Cl)c1NC(=O)c1cc(C(F)(F)F)nn1-c1ncccc1Cl. The summed E-state index contributed by atoms with van der Waals surface area (Å²) in [6.45, 7) is 0. The number of alkyl halides is 3. The van der Waals surface area contributed by atoms with Crippen molar-refractivity contribution in [3.8, 4) is 5.82 Å². The number of pyridine rings is 1. The van der Waals surface area contributed by atoms with Crippen molar-refractivity contribution in [2.24, 2.45) is 0 Å². The smallest absolute Gasteiger partial charge is 0.319 e. The maximum Gasteiger partial charge on any atom is 0.435 e. The van der Waals surface area contributed by atoms with E-state index in [2.05, 4.69) is 20.1 Å². The Morgan fingerprint density at radius 3 is 2.44 bits per heavy atom. The minimum absolute atomic E-state index is 0.0389. The van der Waals surface area contributed by atoms with Gasteiger partial charge in [-0.2, -0.15) is 18.3 Å². The van der Waals surface area contributed by atoms with E-state index in [-0.39, 0.29) is 32.1 Å². The van der Waals surface area contributed by atoms with Crippen LogP contribution in [0.15, 0.2) is 36.5 Å². The van der Waals surface area contributed by atoms with Crippen LogP contribution in [0.4, 0.5) is 18.9 Å². The Morgan fingerprint density at radius 1 is 1.09 bits per heavy atom. The normalized spacial score (nSPS) is 11.3. The third kappa shape index (κ3) is 5.12. The standard InChI is InChI=1S/C18H11Cl3F3N5O2S/c1-32-28-16(30)9-5-8(19)6-11(21)14(9)26-17(31)12-7-13(18(22,23)24)27-29(12)15-10(20)3-2-4-25-15/h2-7H,1H3,(H,26,31)(H,28,30). The summed E-state index contributed by atoms with van der Waals surface area (Å²) >= 11 is 19.1. The topological polar surface area (TPSA) is 88.9 Å². The first-order valence-electron chi connectivity index (χ1n) is 8.44. The van der Waals surface area contributed by atoms with Gasteiger partial charge in [-0.15, -0.1) is 0 Å². The first-order valence-corrected chi connectivity index (χ1v) is 10.8. The number of halogens is 6. The minimum atomic E-state index is -4.84. The number of anilines is 1. The monoisotopic (exact) mass is 523 g/mol. The number of amides is 2. The molecule has 0 fully saturated rings. The Bertz CT molecular complexity index is 1200. The van der Waals surface area contributed by atoms with Crippen molar-refractivity contribution in [3.63, 3.8) is 0 Å². The second kappa shape index (κ2) is 9.57. The Kier molecular flexibility index (Phi) is 7.23. The molecule has 0 aliphatic carbocycles. The fourth-order valence-corrected chi connectivity index (χ4v) is 3.62. The zero-order chi connectivity index (χ0) is 23.6. The van der Waals surface area contributed by atoms with Crippen LogP contribution >= 0.6 is 46.8 Å². The predicted octanol–water partition coefficient (Wildman–Crippen LogP) is 5.51. The van der Waals surface area contributed by atoms with Gasteiger partial charge < -0.3 is 5.32 Å². The number of nitrogens with one attached hydrogen (secondary N) is 2. The number of carbonyl (C=O) groups is 2. The van der Waals surface area contributed by atoms with Gasteiger partial charge in [0.05, 0.1) is 21.3 Å². The Morgan fingerprint density at radius 2 is 1.81 bits per heavy atom. The first kappa shape index (κ1) is 24.2. The molecule has 0 bridgehead atoms. The molecule has 0 unspecified atom stereocenters. The lowest BCUT2D eigenvalue weighted by Gasteiger charge is -2.14. The van der Waals surface area contributed by atoms with Crippen LogP contribution in [-0.4, -0.2) is 32.8 Å². The highest BCUT2D eigenvalue weighted by Gasteiger charge is 2.37. The van der Waals surface area contributed by atoms with E-state index >= 15 is 0 Å². The van der Waals surface area contributed by atoms with Gasteiger partial charge in [0.25, 0.3) is 11.8 Å². The summed E-state index contributed by atoms with van der Waals surface area (Å²) < 4.78 is 43.0. The van der Waals surface area contributed by atoms with E-state index in [1.165, 1.54) is 30.5 Å². The third-order valence-corrected chi connectivity index (χ3v) is 5.11. The van der Waals surface area contributed by atoms with E-state index in [1.54, 1.807) is 6.26 Å². The van der Waals surface area contributed by atoms with Crippen LogP contribution in [0.1, 0.15) is 26.5 Å². The van der Waals surface area contributed by atoms with Crippen LogP contribution in [-0.2, 0) is 6.18 Å². The predicted molar refractivity (Wildman–Crippen MR) is 117 cm³/mol. The Hall–Kier alpha value is -2.47. The molecule has 14 heteroatoms. The zero-order valence-electron chi connectivity index (χ0n) is 15.8. The molecule has 1 aromatic carbocycles. The van der Waals surface area contributed by atoms with Crippen molar-refractivity contribution >= 4 is 64.3 Å². The molecule has 3 rings (SSSR count).